The fraction of sp³-hybridized carbons (Fsp3) is 0. The first-order valence-electron chi connectivity index (χ1n) is 6.47. The van der Waals surface area contributed by atoms with Gasteiger partial charge in [-0.25, -0.2) is 4.39 Å². The lowest BCUT2D eigenvalue weighted by atomic mass is 10.0. The summed E-state index contributed by atoms with van der Waals surface area (Å²) >= 11 is 0. The van der Waals surface area contributed by atoms with Gasteiger partial charge in [0.05, 0.1) is 11.9 Å². The molecule has 0 aliphatic carbocycles. The maximum atomic E-state index is 14.1. The van der Waals surface area contributed by atoms with Gasteiger partial charge in [-0.05, 0) is 41.5 Å². The average Bonchev–Trinajstić information content (AvgIpc) is 2.55. The van der Waals surface area contributed by atoms with Crippen molar-refractivity contribution >= 4 is 12.2 Å². The molecule has 3 rings (SSSR count). The highest BCUT2D eigenvalue weighted by Gasteiger charge is 2.03. The first-order valence-corrected chi connectivity index (χ1v) is 6.47. The molecule has 0 unspecified atom stereocenters. The molecule has 0 spiro atoms. The second-order valence-electron chi connectivity index (χ2n) is 4.44. The fourth-order valence-electron chi connectivity index (χ4n) is 1.96. The smallest absolute Gasteiger partial charge is 0.131 e. The molecule has 2 heterocycles. The Labute approximate surface area is 121 Å². The van der Waals surface area contributed by atoms with E-state index in [2.05, 4.69) is 15.0 Å². The van der Waals surface area contributed by atoms with E-state index in [4.69, 9.17) is 0 Å². The molecular weight excluding hydrogens is 265 g/mol. The van der Waals surface area contributed by atoms with E-state index in [0.29, 0.717) is 11.3 Å². The van der Waals surface area contributed by atoms with E-state index in [1.807, 2.05) is 18.2 Å². The maximum absolute atomic E-state index is 14.1. The van der Waals surface area contributed by atoms with E-state index in [0.717, 1.165) is 11.1 Å². The van der Waals surface area contributed by atoms with Crippen molar-refractivity contribution in [2.24, 2.45) is 0 Å². The highest BCUT2D eigenvalue weighted by atomic mass is 19.1. The van der Waals surface area contributed by atoms with Crippen LogP contribution in [0.4, 0.5) is 4.39 Å². The van der Waals surface area contributed by atoms with E-state index >= 15 is 0 Å². The normalized spacial score (nSPS) is 10.9. The number of halogens is 1. The van der Waals surface area contributed by atoms with Crippen molar-refractivity contribution in [3.8, 4) is 11.1 Å². The molecule has 0 N–H and O–H groups in total. The van der Waals surface area contributed by atoms with Crippen molar-refractivity contribution in [3.63, 3.8) is 0 Å². The third-order valence-electron chi connectivity index (χ3n) is 3.03. The molecule has 0 fully saturated rings. The number of hydrogen-bond acceptors (Lipinski definition) is 3. The summed E-state index contributed by atoms with van der Waals surface area (Å²) in [6.45, 7) is 0. The van der Waals surface area contributed by atoms with Crippen LogP contribution >= 0.6 is 0 Å². The third kappa shape index (κ3) is 3.17. The molecule has 0 aliphatic rings. The lowest BCUT2D eigenvalue weighted by Crippen LogP contribution is -1.86. The molecule has 3 aromatic rings. The third-order valence-corrected chi connectivity index (χ3v) is 3.03. The van der Waals surface area contributed by atoms with E-state index in [1.165, 1.54) is 6.07 Å². The Kier molecular flexibility index (Phi) is 3.78. The molecule has 0 atom stereocenters. The van der Waals surface area contributed by atoms with Gasteiger partial charge in [0.2, 0.25) is 0 Å². The van der Waals surface area contributed by atoms with Gasteiger partial charge in [-0.15, -0.1) is 0 Å². The van der Waals surface area contributed by atoms with Crippen molar-refractivity contribution in [3.05, 3.63) is 78.4 Å². The molecule has 3 nitrogen and oxygen atoms in total. The molecule has 0 radical (unpaired) electrons. The minimum absolute atomic E-state index is 0.274. The summed E-state index contributed by atoms with van der Waals surface area (Å²) in [5, 5.41) is 0. The molecule has 21 heavy (non-hydrogen) atoms. The topological polar surface area (TPSA) is 38.7 Å². The lowest BCUT2D eigenvalue weighted by Gasteiger charge is -2.03. The Morgan fingerprint density at radius 3 is 2.38 bits per heavy atom. The Morgan fingerprint density at radius 2 is 1.67 bits per heavy atom. The minimum atomic E-state index is -0.274. The highest BCUT2D eigenvalue weighted by molar-refractivity contribution is 5.71. The molecule has 0 saturated heterocycles. The molecule has 0 bridgehead atoms. The van der Waals surface area contributed by atoms with Gasteiger partial charge in [0, 0.05) is 30.4 Å². The molecule has 0 saturated carbocycles. The van der Waals surface area contributed by atoms with Gasteiger partial charge in [-0.2, -0.15) is 0 Å². The zero-order valence-electron chi connectivity index (χ0n) is 11.1. The van der Waals surface area contributed by atoms with Crippen LogP contribution in [0.5, 0.6) is 0 Å². The summed E-state index contributed by atoms with van der Waals surface area (Å²) in [5.74, 6) is -0.274. The van der Waals surface area contributed by atoms with Crippen LogP contribution in [0, 0.1) is 5.82 Å². The minimum Gasteiger partial charge on any atom is -0.265 e. The SMILES string of the molecule is Fc1cc(-c2ccncc2)ccc1/C=C/c1cnccn1. The van der Waals surface area contributed by atoms with Gasteiger partial charge in [-0.3, -0.25) is 15.0 Å². The van der Waals surface area contributed by atoms with E-state index in [-0.39, 0.29) is 5.82 Å². The largest absolute Gasteiger partial charge is 0.265 e. The Balaban J connectivity index is 1.87. The van der Waals surface area contributed by atoms with Crippen LogP contribution in [0.15, 0.2) is 61.3 Å². The maximum Gasteiger partial charge on any atom is 0.131 e. The first-order chi connectivity index (χ1) is 10.3. The molecule has 4 heteroatoms. The van der Waals surface area contributed by atoms with Crippen LogP contribution in [0.2, 0.25) is 0 Å². The number of aromatic nitrogens is 3. The number of hydrogen-bond donors (Lipinski definition) is 0. The average molecular weight is 277 g/mol. The summed E-state index contributed by atoms with van der Waals surface area (Å²) in [6, 6.07) is 8.85. The van der Waals surface area contributed by atoms with Crippen LogP contribution < -0.4 is 0 Å². The van der Waals surface area contributed by atoms with Gasteiger partial charge in [0.1, 0.15) is 5.82 Å². The van der Waals surface area contributed by atoms with Crippen LogP contribution in [0.3, 0.4) is 0 Å². The highest BCUT2D eigenvalue weighted by Crippen LogP contribution is 2.22. The molecule has 2 aromatic heterocycles. The van der Waals surface area contributed by atoms with E-state index < -0.39 is 0 Å². The Hall–Kier alpha value is -2.88. The van der Waals surface area contributed by atoms with Gasteiger partial charge in [0.25, 0.3) is 0 Å². The first kappa shape index (κ1) is 13.1. The molecule has 0 aliphatic heterocycles. The van der Waals surface area contributed by atoms with Gasteiger partial charge in [-0.1, -0.05) is 12.1 Å². The van der Waals surface area contributed by atoms with Gasteiger partial charge >= 0.3 is 0 Å². The summed E-state index contributed by atoms with van der Waals surface area (Å²) < 4.78 is 14.1. The predicted molar refractivity (Wildman–Crippen MR) is 80.6 cm³/mol. The molecular formula is C17H12FN3. The second kappa shape index (κ2) is 6.05. The van der Waals surface area contributed by atoms with Gasteiger partial charge < -0.3 is 0 Å². The number of pyridine rings is 1. The fourth-order valence-corrected chi connectivity index (χ4v) is 1.96. The van der Waals surface area contributed by atoms with Gasteiger partial charge in [0.15, 0.2) is 0 Å². The summed E-state index contributed by atoms with van der Waals surface area (Å²) in [5.41, 5.74) is 2.97. The van der Waals surface area contributed by atoms with E-state index in [9.17, 15) is 4.39 Å². The number of benzene rings is 1. The Morgan fingerprint density at radius 1 is 0.810 bits per heavy atom. The second-order valence-corrected chi connectivity index (χ2v) is 4.44. The Bertz CT molecular complexity index is 756. The van der Waals surface area contributed by atoms with Crippen LogP contribution in [-0.2, 0) is 0 Å². The van der Waals surface area contributed by atoms with Crippen molar-refractivity contribution in [2.45, 2.75) is 0 Å². The van der Waals surface area contributed by atoms with Crippen molar-refractivity contribution in [2.75, 3.05) is 0 Å². The molecule has 0 amide bonds. The van der Waals surface area contributed by atoms with Crippen LogP contribution in [-0.4, -0.2) is 15.0 Å². The van der Waals surface area contributed by atoms with E-state index in [1.54, 1.807) is 49.2 Å². The number of rotatable bonds is 3. The molecule has 102 valence electrons. The van der Waals surface area contributed by atoms with Crippen molar-refractivity contribution in [1.29, 1.82) is 0 Å². The van der Waals surface area contributed by atoms with Crippen molar-refractivity contribution in [1.82, 2.24) is 15.0 Å². The predicted octanol–water partition coefficient (Wildman–Crippen LogP) is 3.85. The van der Waals surface area contributed by atoms with Crippen LogP contribution in [0.1, 0.15) is 11.3 Å². The standard InChI is InChI=1S/C17H12FN3/c18-17-11-15(13-5-7-19-8-6-13)2-1-14(17)3-4-16-12-20-9-10-21-16/h1-12H/b4-3+. The quantitative estimate of drug-likeness (QED) is 0.730. The zero-order chi connectivity index (χ0) is 14.5. The zero-order valence-corrected chi connectivity index (χ0v) is 11.1. The summed E-state index contributed by atoms with van der Waals surface area (Å²) in [7, 11) is 0. The monoisotopic (exact) mass is 277 g/mol. The van der Waals surface area contributed by atoms with Crippen LogP contribution in [0.25, 0.3) is 23.3 Å². The summed E-state index contributed by atoms with van der Waals surface area (Å²) in [6.07, 6.45) is 11.6. The number of nitrogens with zero attached hydrogens (tertiary/aromatic N) is 3. The molecule has 1 aromatic carbocycles. The lowest BCUT2D eigenvalue weighted by molar-refractivity contribution is 0.625. The van der Waals surface area contributed by atoms with Crippen molar-refractivity contribution < 1.29 is 4.39 Å². The summed E-state index contributed by atoms with van der Waals surface area (Å²) in [4.78, 5) is 12.0.